The molecule has 20 atom stereocenters. The van der Waals surface area contributed by atoms with Gasteiger partial charge < -0.3 is 126 Å². The fraction of sp³-hybridized carbons (Fsp3) is 0.480. The molecular weight excluding hydrogens is 2070 g/mol. The van der Waals surface area contributed by atoms with Gasteiger partial charge in [0.15, 0.2) is 47.5 Å². The summed E-state index contributed by atoms with van der Waals surface area (Å²) in [6.07, 6.45) is 2.84. The molecule has 145 heavy (non-hydrogen) atoms. The van der Waals surface area contributed by atoms with Crippen molar-refractivity contribution in [3.8, 4) is 23.0 Å². The molecular formula is C100H114Br2Cl2F2LiN9O29. The van der Waals surface area contributed by atoms with Gasteiger partial charge in [0, 0.05) is 121 Å². The molecule has 0 radical (unpaired) electrons. The number of fused-ring (bicyclic) bond motifs is 8. The van der Waals surface area contributed by atoms with Crippen LogP contribution in [-0.4, -0.2) is 327 Å². The maximum atomic E-state index is 14.5. The number of esters is 1. The van der Waals surface area contributed by atoms with Gasteiger partial charge in [0.2, 0.25) is 17.7 Å². The fourth-order valence-electron chi connectivity index (χ4n) is 18.9. The summed E-state index contributed by atoms with van der Waals surface area (Å²) in [7, 11) is 6.57. The van der Waals surface area contributed by atoms with Crippen LogP contribution >= 0.6 is 55.9 Å². The number of carboxylic acid groups (broad SMARTS) is 1. The van der Waals surface area contributed by atoms with Crippen LogP contribution in [0.1, 0.15) is 96.6 Å². The van der Waals surface area contributed by atoms with E-state index in [4.69, 9.17) is 97.2 Å². The van der Waals surface area contributed by atoms with Gasteiger partial charge in [-0.15, -0.1) is 24.0 Å². The molecule has 4 aromatic carbocycles. The number of ketones is 5. The average molecular weight is 2180 g/mol. The SMILES string of the molecule is CC(=O)CCl.CCOC(=O)Cn1cc(C(C)=O)c2cc(O[C@@H]3CO[C@H]4[C@@H]3OC[C@H]4OC)ccc21.CO[C@@H]1CO[C@H]2[C@@H]1OC[C@H]2Oc1ccc2c(c1)C(C(C)=O)=CC2.CO[C@@H]1CO[C@H]2[C@@H]1OC[C@H]2Oc1ccc2c(c1)c(C(C)=O)cn2CC(=O)N1C[C@H](F)C[C@H]1C(=O)Nc1cccc(Br)n1.CO[C@@H]1CO[C@H]2[C@@H]1OC[C@H]2Oc1ccc2c(c1)c(C(C)=O)cn2CC(=O)O.Cl.O=C(Nc1cccc(Br)n1)[C@@H]1C[C@@H](F)CN1.[Li+].[OH-]. The zero-order chi connectivity index (χ0) is 101. The number of methoxy groups -OCH3 is 4. The molecule has 1 aliphatic carbocycles. The van der Waals surface area contributed by atoms with Gasteiger partial charge >= 0.3 is 30.8 Å². The van der Waals surface area contributed by atoms with Gasteiger partial charge in [-0.25, -0.2) is 18.7 Å². The number of benzene rings is 4. The maximum absolute atomic E-state index is 14.5. The number of hydrogen-bond donors (Lipinski definition) is 4. The van der Waals surface area contributed by atoms with E-state index in [1.54, 1.807) is 147 Å². The van der Waals surface area contributed by atoms with Crippen molar-refractivity contribution in [3.63, 3.8) is 0 Å². The number of pyridine rings is 2. The van der Waals surface area contributed by atoms with Gasteiger partial charge in [0.05, 0.1) is 77.9 Å². The third-order valence-corrected chi connectivity index (χ3v) is 27.0. The molecule has 776 valence electrons. The number of rotatable bonds is 28. The number of likely N-dealkylation sites (tertiary alicyclic amines) is 1. The number of carboxylic acids is 1. The van der Waals surface area contributed by atoms with E-state index in [-0.39, 0.29) is 227 Å². The summed E-state index contributed by atoms with van der Waals surface area (Å²) in [5, 5.41) is 19.2. The molecule has 0 bridgehead atoms. The monoisotopic (exact) mass is 2180 g/mol. The summed E-state index contributed by atoms with van der Waals surface area (Å²) in [5.41, 5.74) is 6.42. The number of amides is 3. The van der Waals surface area contributed by atoms with Crippen molar-refractivity contribution >= 4 is 164 Å². The van der Waals surface area contributed by atoms with Crippen LogP contribution in [0.2, 0.25) is 0 Å². The standard InChI is InChI=1S/C29H30BrFN4O7.C21H25NO7.C19H21NO7.C18H20O5.C10H11BrFN3O.C3H5ClO.ClH.Li.H2O/c1-15(36)19-11-34(12-26(37)35-10-16(31)8-21(35)29(38)33-25-5-3-4-24(30)32-25)20-7-6-17(9-18(19)20)42-23-14-41-27-22(39-2)13-40-28(23)27;1-4-26-19(24)9-22-8-15(12(2)23)14-7-13(5-6-16(14)22)29-18-11-28-20-17(25-3)10-27-21(18)20;1-10(21)13-6-20(7-17(22)23)14-4-3-11(5-12(13)14)27-16-9-26-18-15(24-2)8-25-19(16)18;1-10(19)13-6-4-11-3-5-12(7-14(11)13)23-16-9-22-17-15(20-2)8-21-18(16)17;11-8-2-1-3-9(14-8)15-10(16)7-4-6(12)5-13-7;1-3(5)2-4;;;/h3-7,9,11,16,21-23,27-28H,8,10,12-14H2,1-2H3,(H,32,33,38);5-8,17-18,20-21H,4,9-11H2,1-3H3;3-6,15-16,18-19H,7-9H2,1-2H3,(H,22,23);3,5-7,15-18H,4,8-9H2,1-2H3;1-3,6-7,13H,4-5H2,(H,14,15,16);2H2,1H3;1H;;1H2/q;;;;;;;+1;/p-1/t16-,21+,22-,23-,27-,28-;17-,18-,20-,21-;15-,16-,18-,19-;15-,16-,17-,18-;6-,7+;;;;/m11111..../s1. The van der Waals surface area contributed by atoms with Crippen molar-refractivity contribution in [2.75, 3.05) is 118 Å². The predicted molar refractivity (Wildman–Crippen MR) is 526 cm³/mol. The third-order valence-electron chi connectivity index (χ3n) is 25.8. The smallest absolute Gasteiger partial charge is 0.870 e. The van der Waals surface area contributed by atoms with Gasteiger partial charge in [-0.3, -0.25) is 47.9 Å². The molecule has 10 fully saturated rings. The van der Waals surface area contributed by atoms with Gasteiger partial charge in [-0.2, -0.15) is 0 Å². The normalized spacial score (nSPS) is 26.0. The second-order valence-corrected chi connectivity index (χ2v) is 37.3. The van der Waals surface area contributed by atoms with Crippen molar-refractivity contribution < 1.29 is 167 Å². The van der Waals surface area contributed by atoms with Crippen LogP contribution in [0.25, 0.3) is 38.3 Å². The Morgan fingerprint density at radius 1 is 0.490 bits per heavy atom. The Morgan fingerprint density at radius 2 is 0.855 bits per heavy atom. The molecule has 0 spiro atoms. The van der Waals surface area contributed by atoms with Gasteiger partial charge in [-0.05, 0) is 182 Å². The van der Waals surface area contributed by atoms with Crippen LogP contribution < -0.4 is 53.8 Å². The van der Waals surface area contributed by atoms with E-state index in [1.165, 1.54) is 38.2 Å². The Kier molecular flexibility index (Phi) is 40.5. The van der Waals surface area contributed by atoms with E-state index in [2.05, 4.69) is 57.8 Å². The Balaban J connectivity index is 0.000000163. The minimum absolute atomic E-state index is 0. The van der Waals surface area contributed by atoms with Gasteiger partial charge in [0.1, 0.15) is 161 Å². The second kappa shape index (κ2) is 51.7. The van der Waals surface area contributed by atoms with Crippen molar-refractivity contribution in [2.24, 2.45) is 0 Å². The molecule has 9 aromatic rings. The molecule has 3 amide bonds. The molecule has 10 aliphatic heterocycles. The van der Waals surface area contributed by atoms with E-state index in [0.29, 0.717) is 136 Å². The van der Waals surface area contributed by atoms with E-state index < -0.39 is 42.2 Å². The van der Waals surface area contributed by atoms with Crippen LogP contribution in [0.15, 0.2) is 143 Å². The maximum Gasteiger partial charge on any atom is 1.00 e. The zero-order valence-corrected chi connectivity index (χ0v) is 86.1. The molecule has 20 rings (SSSR count). The van der Waals surface area contributed by atoms with Crippen LogP contribution in [0, 0.1) is 0 Å². The number of carbonyl (C=O) groups excluding carboxylic acids is 9. The molecule has 0 saturated carbocycles. The van der Waals surface area contributed by atoms with Gasteiger partial charge in [-0.1, -0.05) is 24.3 Å². The number of nitrogens with one attached hydrogen (secondary N) is 3. The number of ether oxygens (including phenoxy) is 17. The number of allylic oxidation sites excluding steroid dienone is 2. The number of aliphatic carboxylic acids is 1. The molecule has 38 nitrogen and oxygen atoms in total. The molecule has 0 unspecified atom stereocenters. The molecule has 5 aromatic heterocycles. The number of carbonyl (C=O) groups is 10. The molecule has 5 N–H and O–H groups in total. The van der Waals surface area contributed by atoms with Crippen LogP contribution in [-0.2, 0) is 121 Å². The summed E-state index contributed by atoms with van der Waals surface area (Å²) in [6.45, 7) is 12.8. The van der Waals surface area contributed by atoms with Crippen molar-refractivity contribution in [1.82, 2.24) is 33.9 Å². The first kappa shape index (κ1) is 114. The van der Waals surface area contributed by atoms with Crippen LogP contribution in [0.3, 0.4) is 0 Å². The van der Waals surface area contributed by atoms with Crippen molar-refractivity contribution in [2.45, 2.75) is 203 Å². The summed E-state index contributed by atoms with van der Waals surface area (Å²) in [4.78, 5) is 129. The third kappa shape index (κ3) is 27.1. The number of nitrogens with zero attached hydrogens (tertiary/aromatic N) is 6. The van der Waals surface area contributed by atoms with E-state index in [1.807, 2.05) is 42.5 Å². The number of anilines is 2. The van der Waals surface area contributed by atoms with Crippen LogP contribution in [0.4, 0.5) is 20.4 Å². The summed E-state index contributed by atoms with van der Waals surface area (Å²) in [6, 6.07) is 30.8. The first-order valence-corrected chi connectivity index (χ1v) is 48.5. The van der Waals surface area contributed by atoms with E-state index in [0.717, 1.165) is 34.2 Å². The summed E-state index contributed by atoms with van der Waals surface area (Å²) in [5.74, 6) is 0.570. The summed E-state index contributed by atoms with van der Waals surface area (Å²) >= 11 is 11.4. The molecule has 10 saturated heterocycles. The number of halogens is 6. The number of aromatic nitrogens is 5. The largest absolute Gasteiger partial charge is 1.00 e. The number of hydrogen-bond acceptors (Lipinski definition) is 31. The van der Waals surface area contributed by atoms with E-state index >= 15 is 0 Å². The first-order valence-electron chi connectivity index (χ1n) is 46.4. The molecule has 45 heteroatoms. The number of Topliss-reactive ketones (excluding diaryl/α,β-unsaturated/α-hetero) is 5. The Labute approximate surface area is 873 Å². The van der Waals surface area contributed by atoms with Gasteiger partial charge in [0.25, 0.3) is 0 Å². The zero-order valence-electron chi connectivity index (χ0n) is 81.4. The average Bonchev–Trinajstić information content (AvgIpc) is 1.16. The van der Waals surface area contributed by atoms with E-state index in [9.17, 15) is 56.7 Å². The quantitative estimate of drug-likeness (QED) is 0.0119. The topological polar surface area (TPSA) is 458 Å². The Morgan fingerprint density at radius 3 is 1.21 bits per heavy atom. The Bertz CT molecular complexity index is 6180. The minimum Gasteiger partial charge on any atom is -0.870 e. The summed E-state index contributed by atoms with van der Waals surface area (Å²) < 4.78 is 131. The first-order chi connectivity index (χ1) is 68.3. The predicted octanol–water partition coefficient (Wildman–Crippen LogP) is 7.92. The number of alkyl halides is 3. The second-order valence-electron chi connectivity index (χ2n) is 35.4. The fourth-order valence-corrected chi connectivity index (χ4v) is 19.6. The Hall–Kier alpha value is -10.1. The van der Waals surface area contributed by atoms with Crippen molar-refractivity contribution in [1.29, 1.82) is 0 Å². The molecule has 11 aliphatic rings. The molecule has 15 heterocycles. The van der Waals surface area contributed by atoms with Crippen LogP contribution in [0.5, 0.6) is 23.0 Å². The van der Waals surface area contributed by atoms with Crippen molar-refractivity contribution in [3.05, 3.63) is 171 Å². The minimum atomic E-state index is -1.34.